The number of carbonyl (C=O) groups is 2. The van der Waals surface area contributed by atoms with Gasteiger partial charge in [0.15, 0.2) is 4.32 Å². The largest absolute Gasteiger partial charge is 0.488 e. The topological polar surface area (TPSA) is 58.6 Å². The fourth-order valence-electron chi connectivity index (χ4n) is 6.81. The number of halogens is 1. The van der Waals surface area contributed by atoms with Crippen LogP contribution >= 0.6 is 39.9 Å². The summed E-state index contributed by atoms with van der Waals surface area (Å²) in [5, 5.41) is 1.27. The maximum Gasteiger partial charge on any atom is 0.285 e. The molecule has 2 aromatic carbocycles. The zero-order valence-electron chi connectivity index (χ0n) is 19.7. The molecule has 7 rings (SSSR count). The van der Waals surface area contributed by atoms with E-state index in [9.17, 15) is 9.59 Å². The van der Waals surface area contributed by atoms with Gasteiger partial charge in [-0.25, -0.2) is 0 Å². The molecule has 0 radical (unpaired) electrons. The van der Waals surface area contributed by atoms with Crippen molar-refractivity contribution in [2.45, 2.75) is 45.1 Å². The molecule has 186 valence electrons. The highest BCUT2D eigenvalue weighted by Crippen LogP contribution is 2.60. The Bertz CT molecular complexity index is 1230. The number of hydrogen-bond acceptors (Lipinski definition) is 5. The average Bonchev–Trinajstić information content (AvgIpc) is 3.10. The Labute approximate surface area is 229 Å². The second kappa shape index (κ2) is 9.62. The van der Waals surface area contributed by atoms with E-state index in [4.69, 9.17) is 17.0 Å². The number of rotatable bonds is 6. The van der Waals surface area contributed by atoms with Crippen LogP contribution in [0.2, 0.25) is 0 Å². The molecule has 4 bridgehead atoms. The predicted molar refractivity (Wildman–Crippen MR) is 149 cm³/mol. The lowest BCUT2D eigenvalue weighted by molar-refractivity contribution is -0.152. The first-order valence-electron chi connectivity index (χ1n) is 12.4. The maximum atomic E-state index is 13.5. The van der Waals surface area contributed by atoms with E-state index in [1.165, 1.54) is 36.0 Å². The van der Waals surface area contributed by atoms with Crippen LogP contribution in [0, 0.1) is 23.2 Å². The summed E-state index contributed by atoms with van der Waals surface area (Å²) in [5.74, 6) is 2.30. The zero-order valence-corrected chi connectivity index (χ0v) is 23.0. The van der Waals surface area contributed by atoms with E-state index in [0.29, 0.717) is 39.3 Å². The number of amides is 2. The number of ether oxygens (including phenoxy) is 1. The second-order valence-corrected chi connectivity index (χ2v) is 13.2. The first kappa shape index (κ1) is 24.2. The molecule has 8 heteroatoms. The number of carbonyl (C=O) groups excluding carboxylic acids is 2. The summed E-state index contributed by atoms with van der Waals surface area (Å²) in [5.41, 5.74) is 4.41. The summed E-state index contributed by atoms with van der Waals surface area (Å²) in [6.45, 7) is 0.422. The van der Waals surface area contributed by atoms with Crippen LogP contribution in [0.3, 0.4) is 0 Å². The lowest BCUT2D eigenvalue weighted by Crippen LogP contribution is -2.57. The molecule has 0 unspecified atom stereocenters. The second-order valence-electron chi connectivity index (χ2n) is 10.6. The van der Waals surface area contributed by atoms with Crippen LogP contribution in [0.4, 0.5) is 0 Å². The number of hydrogen-bond donors (Lipinski definition) is 1. The van der Waals surface area contributed by atoms with Crippen LogP contribution in [0.25, 0.3) is 6.08 Å². The van der Waals surface area contributed by atoms with Crippen LogP contribution in [0.15, 0.2) is 57.9 Å². The van der Waals surface area contributed by atoms with Crippen molar-refractivity contribution in [3.8, 4) is 5.75 Å². The number of benzene rings is 2. The first-order chi connectivity index (χ1) is 17.4. The Kier molecular flexibility index (Phi) is 6.46. The van der Waals surface area contributed by atoms with Gasteiger partial charge in [-0.05, 0) is 98.3 Å². The van der Waals surface area contributed by atoms with E-state index < -0.39 is 0 Å². The molecule has 2 aromatic rings. The molecule has 1 N–H and O–H groups in total. The smallest absolute Gasteiger partial charge is 0.285 e. The van der Waals surface area contributed by atoms with Crippen LogP contribution in [-0.2, 0) is 16.2 Å². The van der Waals surface area contributed by atoms with E-state index in [1.807, 2.05) is 48.5 Å². The van der Waals surface area contributed by atoms with Gasteiger partial charge < -0.3 is 4.74 Å². The molecule has 4 aliphatic carbocycles. The molecule has 5 fully saturated rings. The molecular weight excluding hydrogens is 556 g/mol. The number of nitrogens with zero attached hydrogens (tertiary/aromatic N) is 1. The Morgan fingerprint density at radius 3 is 2.44 bits per heavy atom. The number of hydrazine groups is 1. The molecule has 0 atom stereocenters. The van der Waals surface area contributed by atoms with E-state index in [2.05, 4.69) is 21.4 Å². The highest BCUT2D eigenvalue weighted by molar-refractivity contribution is 9.10. The van der Waals surface area contributed by atoms with Gasteiger partial charge in [-0.1, -0.05) is 58.0 Å². The van der Waals surface area contributed by atoms with Crippen molar-refractivity contribution >= 4 is 62.1 Å². The van der Waals surface area contributed by atoms with Gasteiger partial charge in [-0.2, -0.15) is 5.01 Å². The van der Waals surface area contributed by atoms with E-state index in [0.717, 1.165) is 34.9 Å². The van der Waals surface area contributed by atoms with Crippen LogP contribution < -0.4 is 10.2 Å². The molecule has 36 heavy (non-hydrogen) atoms. The number of nitrogens with one attached hydrogen (secondary N) is 1. The highest BCUT2D eigenvalue weighted by Gasteiger charge is 2.55. The van der Waals surface area contributed by atoms with Gasteiger partial charge >= 0.3 is 0 Å². The normalized spacial score (nSPS) is 29.8. The quantitative estimate of drug-likeness (QED) is 0.312. The molecule has 5 aliphatic rings. The minimum Gasteiger partial charge on any atom is -0.488 e. The molecule has 0 aromatic heterocycles. The SMILES string of the molecule is O=C1/C(=C/c2cc(Br)ccc2OCc2ccccc2)SC(=S)N1NC(=O)C12CC3CC(CC(C3)C1)C2. The molecule has 4 saturated carbocycles. The lowest BCUT2D eigenvalue weighted by Gasteiger charge is -2.55. The van der Waals surface area contributed by atoms with Gasteiger partial charge in [0.2, 0.25) is 5.91 Å². The van der Waals surface area contributed by atoms with Gasteiger partial charge in [-0.3, -0.25) is 15.0 Å². The summed E-state index contributed by atoms with van der Waals surface area (Å²) in [7, 11) is 0. The van der Waals surface area contributed by atoms with E-state index in [1.54, 1.807) is 6.08 Å². The van der Waals surface area contributed by atoms with Crippen molar-refractivity contribution in [1.29, 1.82) is 0 Å². The summed E-state index contributed by atoms with van der Waals surface area (Å²) in [6.07, 6.45) is 8.40. The van der Waals surface area contributed by atoms with Gasteiger partial charge in [0.25, 0.3) is 5.91 Å². The van der Waals surface area contributed by atoms with Gasteiger partial charge in [0, 0.05) is 10.0 Å². The molecule has 1 saturated heterocycles. The van der Waals surface area contributed by atoms with Crippen LogP contribution in [0.5, 0.6) is 5.75 Å². The van der Waals surface area contributed by atoms with Crippen LogP contribution in [0.1, 0.15) is 49.7 Å². The fraction of sp³-hybridized carbons (Fsp3) is 0.393. The molecule has 1 aliphatic heterocycles. The third-order valence-electron chi connectivity index (χ3n) is 8.02. The predicted octanol–water partition coefficient (Wildman–Crippen LogP) is 6.48. The third-order valence-corrected chi connectivity index (χ3v) is 9.82. The minimum atomic E-state index is -0.343. The fourth-order valence-corrected chi connectivity index (χ4v) is 8.36. The third kappa shape index (κ3) is 4.63. The molecule has 0 spiro atoms. The summed E-state index contributed by atoms with van der Waals surface area (Å²) in [6, 6.07) is 15.7. The average molecular weight is 584 g/mol. The van der Waals surface area contributed by atoms with Crippen molar-refractivity contribution in [2.24, 2.45) is 23.2 Å². The Morgan fingerprint density at radius 1 is 1.11 bits per heavy atom. The summed E-state index contributed by atoms with van der Waals surface area (Å²) in [4.78, 5) is 27.3. The van der Waals surface area contributed by atoms with Gasteiger partial charge in [0.05, 0.1) is 10.3 Å². The number of thioether (sulfide) groups is 1. The van der Waals surface area contributed by atoms with Crippen molar-refractivity contribution in [1.82, 2.24) is 10.4 Å². The van der Waals surface area contributed by atoms with Crippen molar-refractivity contribution in [3.05, 3.63) is 69.0 Å². The van der Waals surface area contributed by atoms with Crippen molar-refractivity contribution in [2.75, 3.05) is 0 Å². The lowest BCUT2D eigenvalue weighted by atomic mass is 9.49. The van der Waals surface area contributed by atoms with Crippen molar-refractivity contribution in [3.63, 3.8) is 0 Å². The monoisotopic (exact) mass is 582 g/mol. The van der Waals surface area contributed by atoms with Gasteiger partial charge in [0.1, 0.15) is 12.4 Å². The molecular formula is C28H27BrN2O3S2. The Hall–Kier alpha value is -2.16. The minimum absolute atomic E-state index is 0.0338. The van der Waals surface area contributed by atoms with Crippen molar-refractivity contribution < 1.29 is 14.3 Å². The Morgan fingerprint density at radius 2 is 1.78 bits per heavy atom. The molecule has 1 heterocycles. The maximum absolute atomic E-state index is 13.5. The Balaban J connectivity index is 1.19. The zero-order chi connectivity index (χ0) is 24.9. The highest BCUT2D eigenvalue weighted by atomic mass is 79.9. The number of thiocarbonyl (C=S) groups is 1. The van der Waals surface area contributed by atoms with E-state index in [-0.39, 0.29) is 17.2 Å². The standard InChI is InChI=1S/C28H27BrN2O3S2/c29-22-6-7-23(34-16-17-4-2-1-3-5-17)21(11-22)12-24-25(32)31(27(35)36-24)30-26(33)28-13-18-8-19(14-28)10-20(9-18)15-28/h1-7,11-12,18-20H,8-10,13-16H2,(H,30,33)/b24-12-. The van der Waals surface area contributed by atoms with E-state index >= 15 is 0 Å². The molecule has 5 nitrogen and oxygen atoms in total. The summed E-state index contributed by atoms with van der Waals surface area (Å²) < 4.78 is 7.31. The first-order valence-corrected chi connectivity index (χ1v) is 14.5. The molecule has 2 amide bonds. The summed E-state index contributed by atoms with van der Waals surface area (Å²) >= 11 is 10.2. The van der Waals surface area contributed by atoms with Crippen LogP contribution in [-0.4, -0.2) is 21.1 Å². The van der Waals surface area contributed by atoms with Gasteiger partial charge in [-0.15, -0.1) is 0 Å².